The Hall–Kier alpha value is -2.11. The number of imidazole rings is 1. The Bertz CT molecular complexity index is 504. The molecule has 6 nitrogen and oxygen atoms in total. The molecule has 0 aliphatic heterocycles. The van der Waals surface area contributed by atoms with Crippen molar-refractivity contribution in [3.8, 4) is 0 Å². The first-order valence-corrected chi connectivity index (χ1v) is 5.42. The van der Waals surface area contributed by atoms with E-state index in [0.717, 1.165) is 17.2 Å². The van der Waals surface area contributed by atoms with Crippen LogP contribution in [0.3, 0.4) is 0 Å². The monoisotopic (exact) mass is 232 g/mol. The number of hydrogen-bond acceptors (Lipinski definition) is 5. The lowest BCUT2D eigenvalue weighted by Crippen LogP contribution is -2.09. The van der Waals surface area contributed by atoms with Gasteiger partial charge in [0.15, 0.2) is 0 Å². The van der Waals surface area contributed by atoms with Crippen LogP contribution in [0.1, 0.15) is 11.4 Å². The third-order valence-corrected chi connectivity index (χ3v) is 2.53. The van der Waals surface area contributed by atoms with Crippen LogP contribution in [0.25, 0.3) is 0 Å². The van der Waals surface area contributed by atoms with Crippen molar-refractivity contribution in [1.29, 1.82) is 0 Å². The topological polar surface area (TPSA) is 67.7 Å². The highest BCUT2D eigenvalue weighted by Gasteiger charge is 2.04. The van der Waals surface area contributed by atoms with Crippen LogP contribution in [-0.2, 0) is 13.6 Å². The van der Waals surface area contributed by atoms with Crippen molar-refractivity contribution in [2.45, 2.75) is 13.5 Å². The van der Waals surface area contributed by atoms with E-state index in [2.05, 4.69) is 25.6 Å². The van der Waals surface area contributed by atoms with Crippen molar-refractivity contribution in [1.82, 2.24) is 19.5 Å². The zero-order valence-corrected chi connectivity index (χ0v) is 10.2. The summed E-state index contributed by atoms with van der Waals surface area (Å²) >= 11 is 0. The summed E-state index contributed by atoms with van der Waals surface area (Å²) in [5, 5.41) is 6.17. The molecule has 0 spiro atoms. The Morgan fingerprint density at radius 3 is 2.82 bits per heavy atom. The number of nitrogens with one attached hydrogen (secondary N) is 2. The van der Waals surface area contributed by atoms with Crippen LogP contribution in [0.5, 0.6) is 0 Å². The molecule has 2 aromatic heterocycles. The molecule has 6 heteroatoms. The van der Waals surface area contributed by atoms with Gasteiger partial charge in [0, 0.05) is 38.2 Å². The zero-order chi connectivity index (χ0) is 12.3. The van der Waals surface area contributed by atoms with Gasteiger partial charge in [-0.3, -0.25) is 0 Å². The van der Waals surface area contributed by atoms with Crippen molar-refractivity contribution < 1.29 is 0 Å². The fraction of sp³-hybridized carbons (Fsp3) is 0.364. The van der Waals surface area contributed by atoms with Crippen LogP contribution in [0.4, 0.5) is 11.8 Å². The molecule has 0 aromatic carbocycles. The molecule has 2 N–H and O–H groups in total. The SMILES string of the molecule is CNc1ncc(C)c(NCc2nccn2C)n1. The summed E-state index contributed by atoms with van der Waals surface area (Å²) in [6.45, 7) is 2.62. The second kappa shape index (κ2) is 4.82. The van der Waals surface area contributed by atoms with E-state index in [0.29, 0.717) is 12.5 Å². The smallest absolute Gasteiger partial charge is 0.224 e. The lowest BCUT2D eigenvalue weighted by atomic mass is 10.3. The molecule has 0 aliphatic rings. The van der Waals surface area contributed by atoms with Crippen LogP contribution in [-0.4, -0.2) is 26.6 Å². The first-order chi connectivity index (χ1) is 8.20. The summed E-state index contributed by atoms with van der Waals surface area (Å²) in [6.07, 6.45) is 5.49. The second-order valence-corrected chi connectivity index (χ2v) is 3.78. The van der Waals surface area contributed by atoms with E-state index >= 15 is 0 Å². The summed E-state index contributed by atoms with van der Waals surface area (Å²) in [5.41, 5.74) is 1.01. The van der Waals surface area contributed by atoms with Crippen molar-refractivity contribution in [3.63, 3.8) is 0 Å². The Kier molecular flexibility index (Phi) is 3.22. The Labute approximate surface area is 100 Å². The maximum atomic E-state index is 4.35. The van der Waals surface area contributed by atoms with Gasteiger partial charge >= 0.3 is 0 Å². The maximum Gasteiger partial charge on any atom is 0.224 e. The molecular weight excluding hydrogens is 216 g/mol. The Balaban J connectivity index is 2.11. The van der Waals surface area contributed by atoms with Crippen molar-refractivity contribution in [2.24, 2.45) is 7.05 Å². The number of rotatable bonds is 4. The van der Waals surface area contributed by atoms with E-state index in [9.17, 15) is 0 Å². The number of aryl methyl sites for hydroxylation is 2. The summed E-state index contributed by atoms with van der Waals surface area (Å²) in [7, 11) is 3.77. The third-order valence-electron chi connectivity index (χ3n) is 2.53. The second-order valence-electron chi connectivity index (χ2n) is 3.78. The molecule has 0 amide bonds. The minimum Gasteiger partial charge on any atom is -0.362 e. The van der Waals surface area contributed by atoms with Gasteiger partial charge in [0.2, 0.25) is 5.95 Å². The highest BCUT2D eigenvalue weighted by Crippen LogP contribution is 2.12. The zero-order valence-electron chi connectivity index (χ0n) is 10.2. The standard InChI is InChI=1S/C11H16N6/c1-8-6-15-11(12-2)16-10(8)14-7-9-13-4-5-17(9)3/h4-6H,7H2,1-3H3,(H2,12,14,15,16). The van der Waals surface area contributed by atoms with Crippen LogP contribution in [0.2, 0.25) is 0 Å². The molecule has 0 saturated heterocycles. The minimum atomic E-state index is 0.609. The maximum absolute atomic E-state index is 4.35. The average Bonchev–Trinajstić information content (AvgIpc) is 2.74. The molecule has 90 valence electrons. The van der Waals surface area contributed by atoms with Gasteiger partial charge in [0.25, 0.3) is 0 Å². The van der Waals surface area contributed by atoms with Gasteiger partial charge in [-0.15, -0.1) is 0 Å². The predicted octanol–water partition coefficient (Wildman–Crippen LogP) is 1.17. The molecule has 0 fully saturated rings. The van der Waals surface area contributed by atoms with Gasteiger partial charge in [-0.1, -0.05) is 0 Å². The lowest BCUT2D eigenvalue weighted by molar-refractivity contribution is 0.810. The fourth-order valence-electron chi connectivity index (χ4n) is 1.47. The van der Waals surface area contributed by atoms with E-state index in [1.807, 2.05) is 24.7 Å². The molecule has 17 heavy (non-hydrogen) atoms. The van der Waals surface area contributed by atoms with Gasteiger partial charge in [0.05, 0.1) is 6.54 Å². The molecular formula is C11H16N6. The number of aromatic nitrogens is 4. The number of hydrogen-bond donors (Lipinski definition) is 2. The van der Waals surface area contributed by atoms with E-state index in [-0.39, 0.29) is 0 Å². The predicted molar refractivity (Wildman–Crippen MR) is 66.9 cm³/mol. The average molecular weight is 232 g/mol. The quantitative estimate of drug-likeness (QED) is 0.828. The molecule has 2 heterocycles. The van der Waals surface area contributed by atoms with Gasteiger partial charge in [-0.25, -0.2) is 9.97 Å². The Morgan fingerprint density at radius 2 is 2.18 bits per heavy atom. The van der Waals surface area contributed by atoms with Gasteiger partial charge in [0.1, 0.15) is 11.6 Å². The van der Waals surface area contributed by atoms with Crippen LogP contribution in [0.15, 0.2) is 18.6 Å². The number of anilines is 2. The summed E-state index contributed by atoms with van der Waals surface area (Å²) < 4.78 is 1.97. The molecule has 2 rings (SSSR count). The number of nitrogens with zero attached hydrogens (tertiary/aromatic N) is 4. The molecule has 0 radical (unpaired) electrons. The third kappa shape index (κ3) is 2.52. The molecule has 0 unspecified atom stereocenters. The van der Waals surface area contributed by atoms with Crippen LogP contribution < -0.4 is 10.6 Å². The van der Waals surface area contributed by atoms with Gasteiger partial charge in [-0.2, -0.15) is 4.98 Å². The van der Waals surface area contributed by atoms with Crippen molar-refractivity contribution in [2.75, 3.05) is 17.7 Å². The fourth-order valence-corrected chi connectivity index (χ4v) is 1.47. The summed E-state index contributed by atoms with van der Waals surface area (Å²) in [5.74, 6) is 2.40. The van der Waals surface area contributed by atoms with Gasteiger partial charge < -0.3 is 15.2 Å². The normalized spacial score (nSPS) is 10.3. The molecule has 0 aliphatic carbocycles. The highest BCUT2D eigenvalue weighted by atomic mass is 15.1. The summed E-state index contributed by atoms with van der Waals surface area (Å²) in [4.78, 5) is 12.7. The first-order valence-electron chi connectivity index (χ1n) is 5.42. The molecule has 0 atom stereocenters. The van der Waals surface area contributed by atoms with E-state index in [4.69, 9.17) is 0 Å². The van der Waals surface area contributed by atoms with Gasteiger partial charge in [-0.05, 0) is 6.92 Å². The van der Waals surface area contributed by atoms with Crippen molar-refractivity contribution in [3.05, 3.63) is 30.0 Å². The van der Waals surface area contributed by atoms with Crippen LogP contribution in [0, 0.1) is 6.92 Å². The molecule has 0 saturated carbocycles. The minimum absolute atomic E-state index is 0.609. The molecule has 2 aromatic rings. The first kappa shape index (κ1) is 11.4. The van der Waals surface area contributed by atoms with E-state index in [1.54, 1.807) is 19.4 Å². The van der Waals surface area contributed by atoms with E-state index < -0.39 is 0 Å². The van der Waals surface area contributed by atoms with Crippen LogP contribution >= 0.6 is 0 Å². The summed E-state index contributed by atoms with van der Waals surface area (Å²) in [6, 6.07) is 0. The lowest BCUT2D eigenvalue weighted by Gasteiger charge is -2.09. The van der Waals surface area contributed by atoms with E-state index in [1.165, 1.54) is 0 Å². The van der Waals surface area contributed by atoms with Crippen molar-refractivity contribution >= 4 is 11.8 Å². The highest BCUT2D eigenvalue weighted by molar-refractivity contribution is 5.46. The Morgan fingerprint density at radius 1 is 1.35 bits per heavy atom. The molecule has 0 bridgehead atoms. The largest absolute Gasteiger partial charge is 0.362 e.